The monoisotopic (exact) mass is 335 g/mol. The fourth-order valence-corrected chi connectivity index (χ4v) is 4.44. The molecule has 0 radical (unpaired) electrons. The number of rotatable bonds is 4. The predicted molar refractivity (Wildman–Crippen MR) is 82.6 cm³/mol. The summed E-state index contributed by atoms with van der Waals surface area (Å²) in [6.07, 6.45) is 2.36. The lowest BCUT2D eigenvalue weighted by molar-refractivity contribution is -0.122. The van der Waals surface area contributed by atoms with Crippen molar-refractivity contribution in [3.8, 4) is 11.3 Å². The largest absolute Gasteiger partial charge is 0.369 e. The fraction of sp³-hybridized carbons (Fsp3) is 0.333. The Morgan fingerprint density at radius 3 is 2.52 bits per heavy atom. The minimum atomic E-state index is -3.67. The van der Waals surface area contributed by atoms with Gasteiger partial charge in [0.05, 0.1) is 11.1 Å². The summed E-state index contributed by atoms with van der Waals surface area (Å²) < 4.78 is 32.3. The number of hydrogen-bond donors (Lipinski definition) is 1. The second-order valence-electron chi connectivity index (χ2n) is 5.45. The van der Waals surface area contributed by atoms with E-state index in [1.165, 1.54) is 10.5 Å². The second kappa shape index (κ2) is 6.13. The summed E-state index contributed by atoms with van der Waals surface area (Å²) in [6.45, 7) is 0.557. The van der Waals surface area contributed by atoms with Crippen molar-refractivity contribution >= 4 is 15.9 Å². The van der Waals surface area contributed by atoms with Crippen LogP contribution in [0.1, 0.15) is 12.8 Å². The molecule has 1 saturated heterocycles. The molecule has 1 fully saturated rings. The molecule has 8 heteroatoms. The summed E-state index contributed by atoms with van der Waals surface area (Å²) in [7, 11) is -3.67. The number of sulfonamides is 1. The van der Waals surface area contributed by atoms with Gasteiger partial charge in [0.2, 0.25) is 15.9 Å². The molecule has 0 atom stereocenters. The summed E-state index contributed by atoms with van der Waals surface area (Å²) in [4.78, 5) is 11.4. The lowest BCUT2D eigenvalue weighted by Crippen LogP contribution is -2.41. The molecule has 0 bridgehead atoms. The molecule has 2 N–H and O–H groups in total. The summed E-state index contributed by atoms with van der Waals surface area (Å²) in [6, 6.07) is 8.27. The molecule has 1 aromatic carbocycles. The lowest BCUT2D eigenvalue weighted by atomic mass is 9.98. The highest BCUT2D eigenvalue weighted by Crippen LogP contribution is 2.31. The zero-order valence-corrected chi connectivity index (χ0v) is 13.2. The molecule has 3 rings (SSSR count). The van der Waals surface area contributed by atoms with Gasteiger partial charge < -0.3 is 10.3 Å². The van der Waals surface area contributed by atoms with Crippen LogP contribution >= 0.6 is 0 Å². The van der Waals surface area contributed by atoms with E-state index in [1.807, 2.05) is 0 Å². The van der Waals surface area contributed by atoms with Crippen molar-refractivity contribution < 1.29 is 17.7 Å². The standard InChI is InChI=1S/C15H17N3O4S/c16-15(19)11-6-9-18(10-7-11)23(20,21)14-4-2-1-3-12(14)13-5-8-17-22-13/h1-5,8,11H,6-7,9-10H2,(H2,16,19). The Morgan fingerprint density at radius 1 is 1.22 bits per heavy atom. The number of amides is 1. The normalized spacial score (nSPS) is 17.2. The summed E-state index contributed by atoms with van der Waals surface area (Å²) in [5, 5.41) is 3.63. The third-order valence-electron chi connectivity index (χ3n) is 4.06. The van der Waals surface area contributed by atoms with E-state index in [0.29, 0.717) is 24.2 Å². The summed E-state index contributed by atoms with van der Waals surface area (Å²) in [5.41, 5.74) is 5.77. The molecule has 0 spiro atoms. The van der Waals surface area contributed by atoms with Crippen LogP contribution in [-0.2, 0) is 14.8 Å². The topological polar surface area (TPSA) is 106 Å². The number of benzene rings is 1. The maximum absolute atomic E-state index is 12.9. The van der Waals surface area contributed by atoms with E-state index in [4.69, 9.17) is 10.3 Å². The number of primary amides is 1. The first-order valence-electron chi connectivity index (χ1n) is 7.29. The third-order valence-corrected chi connectivity index (χ3v) is 6.02. The number of aromatic nitrogens is 1. The first-order valence-corrected chi connectivity index (χ1v) is 8.73. The van der Waals surface area contributed by atoms with Crippen molar-refractivity contribution in [2.45, 2.75) is 17.7 Å². The van der Waals surface area contributed by atoms with Crippen LogP contribution in [-0.4, -0.2) is 36.9 Å². The van der Waals surface area contributed by atoms with E-state index in [0.717, 1.165) is 0 Å². The molecule has 122 valence electrons. The van der Waals surface area contributed by atoms with Crippen LogP contribution in [0.15, 0.2) is 45.9 Å². The highest BCUT2D eigenvalue weighted by molar-refractivity contribution is 7.89. The molecule has 0 saturated carbocycles. The zero-order valence-electron chi connectivity index (χ0n) is 12.4. The minimum absolute atomic E-state index is 0.175. The minimum Gasteiger partial charge on any atom is -0.369 e. The van der Waals surface area contributed by atoms with Crippen LogP contribution in [0, 0.1) is 5.92 Å². The van der Waals surface area contributed by atoms with Gasteiger partial charge in [0.1, 0.15) is 0 Å². The number of carbonyl (C=O) groups excluding carboxylic acids is 1. The van der Waals surface area contributed by atoms with E-state index >= 15 is 0 Å². The van der Waals surface area contributed by atoms with Gasteiger partial charge in [0.25, 0.3) is 0 Å². The predicted octanol–water partition coefficient (Wildman–Crippen LogP) is 1.23. The van der Waals surface area contributed by atoms with Gasteiger partial charge in [0, 0.05) is 30.6 Å². The average Bonchev–Trinajstić information content (AvgIpc) is 3.09. The van der Waals surface area contributed by atoms with E-state index < -0.39 is 10.0 Å². The molecule has 0 aliphatic carbocycles. The Kier molecular flexibility index (Phi) is 4.18. The van der Waals surface area contributed by atoms with Gasteiger partial charge in [-0.1, -0.05) is 17.3 Å². The van der Waals surface area contributed by atoms with Crippen LogP contribution in [0.4, 0.5) is 0 Å². The molecule has 0 unspecified atom stereocenters. The lowest BCUT2D eigenvalue weighted by Gasteiger charge is -2.30. The van der Waals surface area contributed by atoms with Crippen LogP contribution < -0.4 is 5.73 Å². The number of carbonyl (C=O) groups is 1. The van der Waals surface area contributed by atoms with Crippen LogP contribution in [0.3, 0.4) is 0 Å². The average molecular weight is 335 g/mol. The molecule has 7 nitrogen and oxygen atoms in total. The number of nitrogens with zero attached hydrogens (tertiary/aromatic N) is 2. The van der Waals surface area contributed by atoms with E-state index in [2.05, 4.69) is 5.16 Å². The van der Waals surface area contributed by atoms with Crippen LogP contribution in [0.25, 0.3) is 11.3 Å². The molecule has 2 aromatic rings. The van der Waals surface area contributed by atoms with Gasteiger partial charge >= 0.3 is 0 Å². The van der Waals surface area contributed by atoms with Gasteiger partial charge in [-0.25, -0.2) is 8.42 Å². The molecule has 1 aliphatic rings. The van der Waals surface area contributed by atoms with Gasteiger partial charge in [-0.3, -0.25) is 4.79 Å². The van der Waals surface area contributed by atoms with Crippen molar-refractivity contribution in [3.63, 3.8) is 0 Å². The van der Waals surface area contributed by atoms with Crippen molar-refractivity contribution in [1.82, 2.24) is 9.46 Å². The van der Waals surface area contributed by atoms with Gasteiger partial charge in [-0.15, -0.1) is 0 Å². The highest BCUT2D eigenvalue weighted by atomic mass is 32.2. The molecule has 23 heavy (non-hydrogen) atoms. The zero-order chi connectivity index (χ0) is 16.4. The maximum Gasteiger partial charge on any atom is 0.243 e. The quantitative estimate of drug-likeness (QED) is 0.904. The molecular formula is C15H17N3O4S. The van der Waals surface area contributed by atoms with E-state index in [9.17, 15) is 13.2 Å². The van der Waals surface area contributed by atoms with Gasteiger partial charge in [-0.05, 0) is 25.0 Å². The van der Waals surface area contributed by atoms with Gasteiger partial charge in [-0.2, -0.15) is 4.31 Å². The van der Waals surface area contributed by atoms with Crippen molar-refractivity contribution in [3.05, 3.63) is 36.5 Å². The Hall–Kier alpha value is -2.19. The Morgan fingerprint density at radius 2 is 1.91 bits per heavy atom. The maximum atomic E-state index is 12.9. The van der Waals surface area contributed by atoms with Crippen molar-refractivity contribution in [2.24, 2.45) is 11.7 Å². The first-order chi connectivity index (χ1) is 11.0. The Balaban J connectivity index is 1.91. The van der Waals surface area contributed by atoms with E-state index in [1.54, 1.807) is 30.3 Å². The number of nitrogens with two attached hydrogens (primary N) is 1. The van der Waals surface area contributed by atoms with Crippen LogP contribution in [0.2, 0.25) is 0 Å². The van der Waals surface area contributed by atoms with Gasteiger partial charge in [0.15, 0.2) is 5.76 Å². The molecule has 1 aliphatic heterocycles. The smallest absolute Gasteiger partial charge is 0.243 e. The number of hydrogen-bond acceptors (Lipinski definition) is 5. The van der Waals surface area contributed by atoms with Crippen molar-refractivity contribution in [1.29, 1.82) is 0 Å². The summed E-state index contributed by atoms with van der Waals surface area (Å²) in [5.74, 6) is -0.230. The van der Waals surface area contributed by atoms with Crippen LogP contribution in [0.5, 0.6) is 0 Å². The molecule has 1 amide bonds. The molecule has 2 heterocycles. The Labute approximate surface area is 134 Å². The van der Waals surface area contributed by atoms with E-state index in [-0.39, 0.29) is 29.8 Å². The second-order valence-corrected chi connectivity index (χ2v) is 7.36. The summed E-state index contributed by atoms with van der Waals surface area (Å²) >= 11 is 0. The fourth-order valence-electron chi connectivity index (χ4n) is 2.77. The third kappa shape index (κ3) is 2.99. The SMILES string of the molecule is NC(=O)C1CCN(S(=O)(=O)c2ccccc2-c2ccno2)CC1. The number of piperidine rings is 1. The molecular weight excluding hydrogens is 318 g/mol. The Bertz CT molecular complexity index is 794. The van der Waals surface area contributed by atoms with Crippen molar-refractivity contribution in [2.75, 3.05) is 13.1 Å². The first kappa shape index (κ1) is 15.7. The molecule has 1 aromatic heterocycles. The highest BCUT2D eigenvalue weighted by Gasteiger charge is 2.33.